The molecule has 1 aromatic heterocycles. The fourth-order valence-corrected chi connectivity index (χ4v) is 4.81. The fourth-order valence-electron chi connectivity index (χ4n) is 4.60. The monoisotopic (exact) mass is 496 g/mol. The van der Waals surface area contributed by atoms with Gasteiger partial charge in [-0.1, -0.05) is 23.7 Å². The normalized spacial score (nSPS) is 14.6. The molecule has 0 bridgehead atoms. The van der Waals surface area contributed by atoms with Crippen molar-refractivity contribution in [2.45, 2.75) is 32.5 Å². The van der Waals surface area contributed by atoms with Gasteiger partial charge >= 0.3 is 0 Å². The number of carbonyl (C=O) groups is 1. The largest absolute Gasteiger partial charge is 0.497 e. The summed E-state index contributed by atoms with van der Waals surface area (Å²) in [5, 5.41) is 5.43. The average molecular weight is 497 g/mol. The van der Waals surface area contributed by atoms with Crippen molar-refractivity contribution in [1.82, 2.24) is 19.6 Å². The molecule has 0 saturated carbocycles. The first-order chi connectivity index (χ1) is 16.9. The molecule has 0 spiro atoms. The predicted molar refractivity (Wildman–Crippen MR) is 132 cm³/mol. The third-order valence-corrected chi connectivity index (χ3v) is 6.88. The Hall–Kier alpha value is -3.23. The first-order valence-corrected chi connectivity index (χ1v) is 12.0. The Morgan fingerprint density at radius 2 is 1.91 bits per heavy atom. The highest BCUT2D eigenvalue weighted by atomic mass is 35.5. The van der Waals surface area contributed by atoms with E-state index in [1.165, 1.54) is 5.56 Å². The highest BCUT2D eigenvalue weighted by Gasteiger charge is 2.29. The summed E-state index contributed by atoms with van der Waals surface area (Å²) < 4.78 is 18.2. The molecule has 5 rings (SSSR count). The van der Waals surface area contributed by atoms with Gasteiger partial charge in [0.15, 0.2) is 17.2 Å². The first kappa shape index (κ1) is 23.5. The fraction of sp³-hybridized carbons (Fsp3) is 0.385. The molecule has 3 heterocycles. The number of halogens is 1. The molecule has 0 saturated heterocycles. The van der Waals surface area contributed by atoms with Gasteiger partial charge in [-0.2, -0.15) is 5.10 Å². The summed E-state index contributed by atoms with van der Waals surface area (Å²) in [6, 6.07) is 11.8. The van der Waals surface area contributed by atoms with Gasteiger partial charge in [0.05, 0.1) is 7.11 Å². The van der Waals surface area contributed by atoms with Gasteiger partial charge in [-0.05, 0) is 35.7 Å². The first-order valence-electron chi connectivity index (χ1n) is 11.7. The van der Waals surface area contributed by atoms with E-state index in [9.17, 15) is 4.79 Å². The quantitative estimate of drug-likeness (QED) is 0.496. The lowest BCUT2D eigenvalue weighted by Crippen LogP contribution is -2.32. The number of hydrogen-bond donors (Lipinski definition) is 0. The van der Waals surface area contributed by atoms with Gasteiger partial charge in [-0.3, -0.25) is 14.4 Å². The van der Waals surface area contributed by atoms with Crippen LogP contribution in [-0.2, 0) is 32.5 Å². The van der Waals surface area contributed by atoms with Crippen molar-refractivity contribution in [3.8, 4) is 17.2 Å². The number of aryl methyl sites for hydroxylation is 2. The number of carbonyl (C=O) groups excluding carboxylic acids is 1. The molecule has 2 aliphatic rings. The number of methoxy groups -OCH3 is 1. The van der Waals surface area contributed by atoms with Gasteiger partial charge < -0.3 is 19.1 Å². The Balaban J connectivity index is 1.36. The molecule has 0 N–H and O–H groups in total. The van der Waals surface area contributed by atoms with Crippen LogP contribution in [0.1, 0.15) is 32.9 Å². The van der Waals surface area contributed by atoms with E-state index in [2.05, 4.69) is 17.0 Å². The molecular weight excluding hydrogens is 468 g/mol. The molecule has 9 heteroatoms. The molecule has 0 unspecified atom stereocenters. The number of rotatable bonds is 7. The van der Waals surface area contributed by atoms with Crippen LogP contribution in [0.3, 0.4) is 0 Å². The van der Waals surface area contributed by atoms with E-state index in [0.717, 1.165) is 47.7 Å². The lowest BCUT2D eigenvalue weighted by atomic mass is 10.0. The van der Waals surface area contributed by atoms with Crippen LogP contribution >= 0.6 is 11.6 Å². The molecule has 0 atom stereocenters. The summed E-state index contributed by atoms with van der Waals surface area (Å²) in [6.45, 7) is 3.07. The minimum Gasteiger partial charge on any atom is -0.497 e. The van der Waals surface area contributed by atoms with Crippen LogP contribution in [0.5, 0.6) is 17.2 Å². The van der Waals surface area contributed by atoms with Crippen LogP contribution in [0, 0.1) is 0 Å². The number of benzene rings is 2. The van der Waals surface area contributed by atoms with Crippen molar-refractivity contribution in [1.29, 1.82) is 0 Å². The Labute approximate surface area is 209 Å². The number of fused-ring (bicyclic) bond motifs is 2. The maximum absolute atomic E-state index is 13.0. The number of amides is 1. The molecule has 2 aliphatic heterocycles. The Bertz CT molecular complexity index is 1240. The lowest BCUT2D eigenvalue weighted by molar-refractivity contribution is 0.0818. The van der Waals surface area contributed by atoms with Crippen LogP contribution in [-0.4, -0.2) is 60.0 Å². The second-order valence-electron chi connectivity index (χ2n) is 9.05. The standard InChI is InChI=1S/C26H29ClN4O4/c1-29(2)26(32)25-20-15-30(14-18-12-23-24(13-21(18)27)35-16-34-23)10-9-22(20)31(28-25)11-8-17-4-6-19(33-3)7-5-17/h4-7,12-13H,8-11,14-16H2,1-3H3. The third-order valence-electron chi connectivity index (χ3n) is 6.53. The summed E-state index contributed by atoms with van der Waals surface area (Å²) in [6.07, 6.45) is 1.64. The van der Waals surface area contributed by atoms with E-state index in [1.807, 2.05) is 28.9 Å². The molecule has 0 radical (unpaired) electrons. The zero-order valence-corrected chi connectivity index (χ0v) is 21.0. The lowest BCUT2D eigenvalue weighted by Gasteiger charge is -2.28. The van der Waals surface area contributed by atoms with Crippen LogP contribution in [0.2, 0.25) is 5.02 Å². The summed E-state index contributed by atoms with van der Waals surface area (Å²) in [5.41, 5.74) is 4.84. The minimum absolute atomic E-state index is 0.0765. The zero-order valence-electron chi connectivity index (χ0n) is 20.2. The Morgan fingerprint density at radius 3 is 2.63 bits per heavy atom. The maximum atomic E-state index is 13.0. The smallest absolute Gasteiger partial charge is 0.274 e. The molecule has 184 valence electrons. The van der Waals surface area contributed by atoms with Crippen LogP contribution in [0.4, 0.5) is 0 Å². The summed E-state index contributed by atoms with van der Waals surface area (Å²) >= 11 is 6.53. The van der Waals surface area contributed by atoms with Gasteiger partial charge in [0.25, 0.3) is 5.91 Å². The van der Waals surface area contributed by atoms with E-state index in [0.29, 0.717) is 36.1 Å². The third kappa shape index (κ3) is 4.81. The van der Waals surface area contributed by atoms with Crippen LogP contribution in [0.15, 0.2) is 36.4 Å². The van der Waals surface area contributed by atoms with Gasteiger partial charge in [0, 0.05) is 69.0 Å². The van der Waals surface area contributed by atoms with Gasteiger partial charge in [-0.25, -0.2) is 0 Å². The average Bonchev–Trinajstić information content (AvgIpc) is 3.46. The number of nitrogens with zero attached hydrogens (tertiary/aromatic N) is 4. The Morgan fingerprint density at radius 1 is 1.17 bits per heavy atom. The van der Waals surface area contributed by atoms with Crippen molar-refractivity contribution in [3.05, 3.63) is 69.5 Å². The predicted octanol–water partition coefficient (Wildman–Crippen LogP) is 3.78. The second kappa shape index (κ2) is 9.79. The van der Waals surface area contributed by atoms with Crippen molar-refractivity contribution in [2.24, 2.45) is 0 Å². The topological polar surface area (TPSA) is 69.1 Å². The molecule has 35 heavy (non-hydrogen) atoms. The highest BCUT2D eigenvalue weighted by Crippen LogP contribution is 2.37. The van der Waals surface area contributed by atoms with Crippen molar-refractivity contribution >= 4 is 17.5 Å². The summed E-state index contributed by atoms with van der Waals surface area (Å²) in [4.78, 5) is 16.9. The molecule has 1 amide bonds. The van der Waals surface area contributed by atoms with Gasteiger partial charge in [-0.15, -0.1) is 0 Å². The van der Waals surface area contributed by atoms with Crippen molar-refractivity contribution < 1.29 is 19.0 Å². The number of aromatic nitrogens is 2. The van der Waals surface area contributed by atoms with Crippen molar-refractivity contribution in [3.63, 3.8) is 0 Å². The molecule has 0 fully saturated rings. The molecule has 0 aliphatic carbocycles. The summed E-state index contributed by atoms with van der Waals surface area (Å²) in [5.74, 6) is 2.16. The molecule has 3 aromatic rings. The highest BCUT2D eigenvalue weighted by molar-refractivity contribution is 6.31. The summed E-state index contributed by atoms with van der Waals surface area (Å²) in [7, 11) is 5.19. The molecule has 8 nitrogen and oxygen atoms in total. The van der Waals surface area contributed by atoms with E-state index >= 15 is 0 Å². The van der Waals surface area contributed by atoms with E-state index in [4.69, 9.17) is 30.9 Å². The van der Waals surface area contributed by atoms with E-state index < -0.39 is 0 Å². The van der Waals surface area contributed by atoms with Gasteiger partial charge in [0.2, 0.25) is 6.79 Å². The van der Waals surface area contributed by atoms with Gasteiger partial charge in [0.1, 0.15) is 5.75 Å². The second-order valence-corrected chi connectivity index (χ2v) is 9.46. The Kier molecular flexibility index (Phi) is 6.58. The zero-order chi connectivity index (χ0) is 24.5. The number of hydrogen-bond acceptors (Lipinski definition) is 6. The van der Waals surface area contributed by atoms with E-state index in [1.54, 1.807) is 26.1 Å². The molecular formula is C26H29ClN4O4. The minimum atomic E-state index is -0.0765. The molecule has 2 aromatic carbocycles. The maximum Gasteiger partial charge on any atom is 0.274 e. The number of ether oxygens (including phenoxy) is 3. The SMILES string of the molecule is COc1ccc(CCn2nc(C(=O)N(C)C)c3c2CCN(Cc2cc4c(cc2Cl)OCO4)C3)cc1. The van der Waals surface area contributed by atoms with Crippen LogP contribution in [0.25, 0.3) is 0 Å². The van der Waals surface area contributed by atoms with Crippen molar-refractivity contribution in [2.75, 3.05) is 34.5 Å². The van der Waals surface area contributed by atoms with Crippen LogP contribution < -0.4 is 14.2 Å². The van der Waals surface area contributed by atoms with E-state index in [-0.39, 0.29) is 12.7 Å².